The van der Waals surface area contributed by atoms with Gasteiger partial charge in [0.05, 0.1) is 6.54 Å². The van der Waals surface area contributed by atoms with Crippen LogP contribution in [0.1, 0.15) is 37.8 Å². The molecule has 1 saturated heterocycles. The van der Waals surface area contributed by atoms with Crippen molar-refractivity contribution in [3.8, 4) is 0 Å². The summed E-state index contributed by atoms with van der Waals surface area (Å²) in [5, 5.41) is 0. The zero-order chi connectivity index (χ0) is 25.8. The molecule has 6 heteroatoms. The molecule has 2 atom stereocenters. The molecule has 0 aliphatic carbocycles. The summed E-state index contributed by atoms with van der Waals surface area (Å²) in [5.74, 6) is -1.27. The zero-order valence-corrected chi connectivity index (χ0v) is 23.0. The second-order valence-electron chi connectivity index (χ2n) is 9.64. The molecule has 0 radical (unpaired) electrons. The van der Waals surface area contributed by atoms with E-state index in [-0.39, 0.29) is 29.9 Å². The topological polar surface area (TPSA) is 57.7 Å². The third-order valence-corrected chi connectivity index (χ3v) is 8.26. The Morgan fingerprint density at radius 3 is 1.78 bits per heavy atom. The van der Waals surface area contributed by atoms with Gasteiger partial charge in [0.15, 0.2) is 11.6 Å². The lowest BCUT2D eigenvalue weighted by Gasteiger charge is -2.43. The van der Waals surface area contributed by atoms with Crippen molar-refractivity contribution >= 4 is 40.1 Å². The average molecular weight is 594 g/mol. The summed E-state index contributed by atoms with van der Waals surface area (Å²) in [6, 6.07) is 24.7. The molecule has 1 aliphatic rings. The van der Waals surface area contributed by atoms with Crippen LogP contribution in [0.25, 0.3) is 0 Å². The predicted molar refractivity (Wildman–Crippen MR) is 150 cm³/mol. The Kier molecular flexibility index (Phi) is 8.36. The fourth-order valence-electron chi connectivity index (χ4n) is 5.14. The molecule has 1 amide bonds. The molecule has 1 fully saturated rings. The number of hydrogen-bond acceptors (Lipinski definition) is 4. The van der Waals surface area contributed by atoms with Crippen molar-refractivity contribution in [2.24, 2.45) is 11.8 Å². The van der Waals surface area contributed by atoms with Crippen molar-refractivity contribution in [2.75, 3.05) is 33.7 Å². The van der Waals surface area contributed by atoms with E-state index in [0.29, 0.717) is 24.2 Å². The van der Waals surface area contributed by atoms with Gasteiger partial charge < -0.3 is 4.90 Å². The summed E-state index contributed by atoms with van der Waals surface area (Å²) >= 11 is 2.31. The summed E-state index contributed by atoms with van der Waals surface area (Å²) in [7, 11) is 3.45. The van der Waals surface area contributed by atoms with Crippen molar-refractivity contribution in [1.29, 1.82) is 0 Å². The molecule has 0 unspecified atom stereocenters. The molecule has 1 aliphatic heterocycles. The first-order valence-electron chi connectivity index (χ1n) is 12.1. The van der Waals surface area contributed by atoms with E-state index in [1.165, 1.54) is 0 Å². The number of piperidine rings is 1. The lowest BCUT2D eigenvalue weighted by molar-refractivity contribution is -0.130. The van der Waals surface area contributed by atoms with E-state index in [2.05, 4.69) is 35.6 Å². The van der Waals surface area contributed by atoms with E-state index >= 15 is 0 Å². The van der Waals surface area contributed by atoms with Crippen LogP contribution in [0.4, 0.5) is 0 Å². The molecule has 186 valence electrons. The maximum Gasteiger partial charge on any atom is 0.236 e. The number of halogens is 1. The zero-order valence-electron chi connectivity index (χ0n) is 20.9. The van der Waals surface area contributed by atoms with Crippen LogP contribution in [0.5, 0.6) is 0 Å². The molecule has 3 aromatic rings. The fourth-order valence-corrected chi connectivity index (χ4v) is 5.66. The van der Waals surface area contributed by atoms with Crippen LogP contribution < -0.4 is 0 Å². The summed E-state index contributed by atoms with van der Waals surface area (Å²) in [6.07, 6.45) is 0. The van der Waals surface area contributed by atoms with Crippen molar-refractivity contribution in [3.63, 3.8) is 0 Å². The highest BCUT2D eigenvalue weighted by molar-refractivity contribution is 14.1. The monoisotopic (exact) mass is 594 g/mol. The summed E-state index contributed by atoms with van der Waals surface area (Å²) in [6.45, 7) is 3.07. The van der Waals surface area contributed by atoms with Crippen molar-refractivity contribution in [2.45, 2.75) is 12.8 Å². The van der Waals surface area contributed by atoms with Gasteiger partial charge in [-0.2, -0.15) is 0 Å². The molecule has 36 heavy (non-hydrogen) atoms. The number of hydrogen-bond donors (Lipinski definition) is 0. The molecule has 5 nitrogen and oxygen atoms in total. The Morgan fingerprint density at radius 1 is 0.806 bits per heavy atom. The minimum atomic E-state index is -0.467. The third kappa shape index (κ3) is 5.60. The molecule has 0 aromatic heterocycles. The lowest BCUT2D eigenvalue weighted by Crippen LogP contribution is -2.52. The number of carbonyl (C=O) groups is 3. The van der Waals surface area contributed by atoms with E-state index in [4.69, 9.17) is 0 Å². The van der Waals surface area contributed by atoms with Crippen LogP contribution in [0.15, 0.2) is 78.9 Å². The number of likely N-dealkylation sites (N-methyl/N-ethyl adjacent to an activating group) is 1. The van der Waals surface area contributed by atoms with Crippen LogP contribution >= 0.6 is 22.6 Å². The van der Waals surface area contributed by atoms with Crippen molar-refractivity contribution in [3.05, 3.63) is 105 Å². The minimum Gasteiger partial charge on any atom is -0.348 e. The molecular weight excluding hydrogens is 563 g/mol. The number of rotatable bonds is 7. The van der Waals surface area contributed by atoms with Crippen molar-refractivity contribution in [1.82, 2.24) is 9.80 Å². The Balaban J connectivity index is 1.85. The number of likely N-dealkylation sites (tertiary alicyclic amines) is 1. The normalized spacial score (nSPS) is 18.6. The van der Waals surface area contributed by atoms with E-state index < -0.39 is 11.8 Å². The molecule has 0 saturated carbocycles. The molecule has 4 rings (SSSR count). The van der Waals surface area contributed by atoms with Gasteiger partial charge in [0.2, 0.25) is 5.91 Å². The fraction of sp³-hybridized carbons (Fsp3) is 0.300. The molecule has 3 aromatic carbocycles. The summed E-state index contributed by atoms with van der Waals surface area (Å²) in [4.78, 5) is 44.2. The van der Waals surface area contributed by atoms with Gasteiger partial charge in [-0.05, 0) is 46.7 Å². The Morgan fingerprint density at radius 2 is 1.31 bits per heavy atom. The second kappa shape index (κ2) is 11.5. The van der Waals surface area contributed by atoms with Gasteiger partial charge >= 0.3 is 0 Å². The van der Waals surface area contributed by atoms with E-state index in [0.717, 1.165) is 14.7 Å². The first kappa shape index (κ1) is 26.2. The Bertz CT molecular complexity index is 1180. The quantitative estimate of drug-likeness (QED) is 0.283. The number of nitrogens with zero attached hydrogens (tertiary/aromatic N) is 2. The number of benzene rings is 3. The highest BCUT2D eigenvalue weighted by atomic mass is 127. The number of carbonyl (C=O) groups excluding carboxylic acids is 3. The largest absolute Gasteiger partial charge is 0.348 e. The first-order valence-corrected chi connectivity index (χ1v) is 13.2. The number of amides is 1. The predicted octanol–water partition coefficient (Wildman–Crippen LogP) is 5.09. The maximum atomic E-state index is 14.0. The van der Waals surface area contributed by atoms with E-state index in [9.17, 15) is 14.4 Å². The summed E-state index contributed by atoms with van der Waals surface area (Å²) < 4.78 is 1.10. The van der Waals surface area contributed by atoms with Crippen LogP contribution in [-0.2, 0) is 4.79 Å². The second-order valence-corrected chi connectivity index (χ2v) is 10.8. The van der Waals surface area contributed by atoms with Gasteiger partial charge in [0.25, 0.3) is 0 Å². The molecule has 0 spiro atoms. The SMILES string of the molecule is Cc1c(I)cccc1C1[C@@H](C(=O)c2ccccc2)CN(CC(=O)N(C)C)C[C@@H]1C(=O)c1ccccc1. The molecule has 0 bridgehead atoms. The van der Waals surface area contributed by atoms with Gasteiger partial charge in [-0.1, -0.05) is 72.8 Å². The smallest absolute Gasteiger partial charge is 0.236 e. The van der Waals surface area contributed by atoms with Crippen LogP contribution in [-0.4, -0.2) is 61.0 Å². The lowest BCUT2D eigenvalue weighted by atomic mass is 9.68. The maximum absolute atomic E-state index is 14.0. The van der Waals surface area contributed by atoms with Gasteiger partial charge in [0, 0.05) is 59.6 Å². The van der Waals surface area contributed by atoms with E-state index in [1.54, 1.807) is 19.0 Å². The standard InChI is InChI=1S/C30H31IN2O3/c1-20-23(15-10-16-26(20)31)28-24(29(35)21-11-6-4-7-12-21)17-33(19-27(34)32(2)3)18-25(28)30(36)22-13-8-5-9-14-22/h4-16,24-25,28H,17-19H2,1-3H3/t24-,25-/m0/s1. The highest BCUT2D eigenvalue weighted by Gasteiger charge is 2.45. The van der Waals surface area contributed by atoms with Gasteiger partial charge in [-0.3, -0.25) is 19.3 Å². The Labute approximate surface area is 226 Å². The van der Waals surface area contributed by atoms with Crippen LogP contribution in [0, 0.1) is 22.3 Å². The summed E-state index contributed by atoms with van der Waals surface area (Å²) in [5.41, 5.74) is 3.38. The molecular formula is C30H31IN2O3. The van der Waals surface area contributed by atoms with Gasteiger partial charge in [-0.25, -0.2) is 0 Å². The van der Waals surface area contributed by atoms with Gasteiger partial charge in [-0.15, -0.1) is 0 Å². The van der Waals surface area contributed by atoms with Gasteiger partial charge in [0.1, 0.15) is 0 Å². The van der Waals surface area contributed by atoms with Crippen LogP contribution in [0.2, 0.25) is 0 Å². The number of Topliss-reactive ketones (excluding diaryl/α,β-unsaturated/α-hetero) is 2. The minimum absolute atomic E-state index is 0.00623. The first-order chi connectivity index (χ1) is 17.3. The van der Waals surface area contributed by atoms with Crippen molar-refractivity contribution < 1.29 is 14.4 Å². The molecule has 1 heterocycles. The Hall–Kier alpha value is -2.84. The van der Waals surface area contributed by atoms with Crippen LogP contribution in [0.3, 0.4) is 0 Å². The molecule has 0 N–H and O–H groups in total. The highest BCUT2D eigenvalue weighted by Crippen LogP contribution is 2.42. The number of ketones is 2. The average Bonchev–Trinajstić information content (AvgIpc) is 2.90. The third-order valence-electron chi connectivity index (χ3n) is 7.09. The van der Waals surface area contributed by atoms with E-state index in [1.807, 2.05) is 77.7 Å².